The molecule has 1 aliphatic heterocycles. The molecule has 4 nitrogen and oxygen atoms in total. The minimum Gasteiger partial charge on any atom is -0.306 e. The van der Waals surface area contributed by atoms with E-state index in [9.17, 15) is 4.79 Å². The highest BCUT2D eigenvalue weighted by Crippen LogP contribution is 2.24. The predicted molar refractivity (Wildman–Crippen MR) is 82.0 cm³/mol. The molecule has 1 aromatic carbocycles. The van der Waals surface area contributed by atoms with Crippen molar-refractivity contribution in [1.82, 2.24) is 14.5 Å². The molecular weight excluding hydrogens is 250 g/mol. The number of benzene rings is 1. The Bertz CT molecular complexity index is 700. The molecule has 3 rings (SSSR count). The summed E-state index contributed by atoms with van der Waals surface area (Å²) in [5, 5.41) is 0. The van der Waals surface area contributed by atoms with Crippen LogP contribution < -0.4 is 5.69 Å². The predicted octanol–water partition coefficient (Wildman–Crippen LogP) is 1.93. The molecule has 2 aromatic rings. The van der Waals surface area contributed by atoms with Crippen LogP contribution in [0.5, 0.6) is 0 Å². The van der Waals surface area contributed by atoms with Crippen LogP contribution in [-0.2, 0) is 13.0 Å². The lowest BCUT2D eigenvalue weighted by Gasteiger charge is -2.33. The average molecular weight is 269 g/mol. The van der Waals surface area contributed by atoms with E-state index in [-0.39, 0.29) is 5.69 Å². The summed E-state index contributed by atoms with van der Waals surface area (Å²) in [5.74, 6) is 0. The fourth-order valence-corrected chi connectivity index (χ4v) is 3.11. The third-order valence-corrected chi connectivity index (χ3v) is 3.97. The number of para-hydroxylation sites is 1. The molecule has 0 bridgehead atoms. The molecule has 1 aliphatic rings. The monoisotopic (exact) mass is 269 g/mol. The first-order valence-corrected chi connectivity index (χ1v) is 6.91. The zero-order valence-electron chi connectivity index (χ0n) is 11.5. The van der Waals surface area contributed by atoms with Crippen LogP contribution in [0.4, 0.5) is 0 Å². The van der Waals surface area contributed by atoms with Crippen LogP contribution in [0, 0.1) is 0 Å². The highest BCUT2D eigenvalue weighted by atomic mass is 16.1. The first-order chi connectivity index (χ1) is 9.74. The maximum atomic E-state index is 12.1. The van der Waals surface area contributed by atoms with Gasteiger partial charge in [0.1, 0.15) is 0 Å². The standard InChI is InChI=1S/C16H19N3O/c1-3-8-18(9-4-2)13-10-12-6-5-7-14-15(12)19(11-13)16(20)17-14/h3-7,13H,1-2,8-11H2,(H,17,20)/t13-/m1/s1. The molecule has 1 aromatic heterocycles. The molecule has 104 valence electrons. The van der Waals surface area contributed by atoms with Gasteiger partial charge in [-0.05, 0) is 18.1 Å². The molecule has 0 radical (unpaired) electrons. The molecule has 0 saturated heterocycles. The van der Waals surface area contributed by atoms with Crippen LogP contribution in [0.25, 0.3) is 11.0 Å². The number of aromatic nitrogens is 2. The number of imidazole rings is 1. The van der Waals surface area contributed by atoms with Gasteiger partial charge in [-0.15, -0.1) is 13.2 Å². The summed E-state index contributed by atoms with van der Waals surface area (Å²) in [5.41, 5.74) is 3.21. The Kier molecular flexibility index (Phi) is 3.32. The Morgan fingerprint density at radius 1 is 1.35 bits per heavy atom. The number of aromatic amines is 1. The molecule has 0 saturated carbocycles. The summed E-state index contributed by atoms with van der Waals surface area (Å²) >= 11 is 0. The normalized spacial score (nSPS) is 17.6. The van der Waals surface area contributed by atoms with Crippen LogP contribution in [0.1, 0.15) is 5.56 Å². The second-order valence-electron chi connectivity index (χ2n) is 5.24. The molecule has 0 amide bonds. The van der Waals surface area contributed by atoms with Gasteiger partial charge in [0, 0.05) is 25.7 Å². The Morgan fingerprint density at radius 3 is 2.80 bits per heavy atom. The molecular formula is C16H19N3O. The molecule has 0 fully saturated rings. The summed E-state index contributed by atoms with van der Waals surface area (Å²) in [4.78, 5) is 17.3. The molecule has 1 N–H and O–H groups in total. The molecule has 0 unspecified atom stereocenters. The van der Waals surface area contributed by atoms with Crippen LogP contribution in [0.15, 0.2) is 48.3 Å². The van der Waals surface area contributed by atoms with E-state index in [4.69, 9.17) is 0 Å². The fraction of sp³-hybridized carbons (Fsp3) is 0.312. The molecule has 1 atom stereocenters. The van der Waals surface area contributed by atoms with Gasteiger partial charge < -0.3 is 4.98 Å². The third-order valence-electron chi connectivity index (χ3n) is 3.97. The smallest absolute Gasteiger partial charge is 0.306 e. The van der Waals surface area contributed by atoms with Gasteiger partial charge in [-0.25, -0.2) is 4.79 Å². The minimum absolute atomic E-state index is 0.0192. The van der Waals surface area contributed by atoms with E-state index in [1.165, 1.54) is 5.56 Å². The number of hydrogen-bond acceptors (Lipinski definition) is 2. The highest BCUT2D eigenvalue weighted by Gasteiger charge is 2.26. The first-order valence-electron chi connectivity index (χ1n) is 6.91. The van der Waals surface area contributed by atoms with Gasteiger partial charge in [0.15, 0.2) is 0 Å². The lowest BCUT2D eigenvalue weighted by atomic mass is 9.99. The van der Waals surface area contributed by atoms with Gasteiger partial charge in [0.05, 0.1) is 11.0 Å². The first kappa shape index (κ1) is 12.9. The summed E-state index contributed by atoms with van der Waals surface area (Å²) in [6.07, 6.45) is 4.76. The third kappa shape index (κ3) is 2.02. The van der Waals surface area contributed by atoms with Crippen molar-refractivity contribution in [1.29, 1.82) is 0 Å². The molecule has 0 spiro atoms. The lowest BCUT2D eigenvalue weighted by molar-refractivity contribution is 0.211. The van der Waals surface area contributed by atoms with Crippen molar-refractivity contribution in [3.8, 4) is 0 Å². The zero-order chi connectivity index (χ0) is 14.1. The van der Waals surface area contributed by atoms with E-state index in [0.717, 1.165) is 37.1 Å². The van der Waals surface area contributed by atoms with Crippen molar-refractivity contribution in [3.63, 3.8) is 0 Å². The maximum Gasteiger partial charge on any atom is 0.326 e. The second-order valence-corrected chi connectivity index (χ2v) is 5.24. The van der Waals surface area contributed by atoms with E-state index >= 15 is 0 Å². The lowest BCUT2D eigenvalue weighted by Crippen LogP contribution is -2.43. The van der Waals surface area contributed by atoms with Gasteiger partial charge in [-0.3, -0.25) is 9.47 Å². The topological polar surface area (TPSA) is 41.0 Å². The summed E-state index contributed by atoms with van der Waals surface area (Å²) < 4.78 is 1.86. The summed E-state index contributed by atoms with van der Waals surface area (Å²) in [7, 11) is 0. The average Bonchev–Trinajstić information content (AvgIpc) is 2.77. The quantitative estimate of drug-likeness (QED) is 0.843. The van der Waals surface area contributed by atoms with Crippen LogP contribution in [0.3, 0.4) is 0 Å². The van der Waals surface area contributed by atoms with Crippen molar-refractivity contribution >= 4 is 11.0 Å². The Morgan fingerprint density at radius 2 is 2.10 bits per heavy atom. The fourth-order valence-electron chi connectivity index (χ4n) is 3.11. The van der Waals surface area contributed by atoms with Gasteiger partial charge in [-0.1, -0.05) is 24.3 Å². The number of nitrogens with one attached hydrogen (secondary N) is 1. The second kappa shape index (κ2) is 5.13. The van der Waals surface area contributed by atoms with Crippen molar-refractivity contribution < 1.29 is 0 Å². The van der Waals surface area contributed by atoms with E-state index < -0.39 is 0 Å². The molecule has 0 aliphatic carbocycles. The Balaban J connectivity index is 2.01. The van der Waals surface area contributed by atoms with Crippen LogP contribution in [0.2, 0.25) is 0 Å². The summed E-state index contributed by atoms with van der Waals surface area (Å²) in [6, 6.07) is 6.38. The minimum atomic E-state index is -0.0192. The van der Waals surface area contributed by atoms with Gasteiger partial charge >= 0.3 is 5.69 Å². The van der Waals surface area contributed by atoms with E-state index in [1.54, 1.807) is 0 Å². The number of hydrogen-bond donors (Lipinski definition) is 1. The largest absolute Gasteiger partial charge is 0.326 e. The SMILES string of the molecule is C=CCN(CC=C)[C@@H]1Cc2cccc3[nH]c(=O)n(c23)C1. The van der Waals surface area contributed by atoms with Gasteiger partial charge in [-0.2, -0.15) is 0 Å². The maximum absolute atomic E-state index is 12.1. The van der Waals surface area contributed by atoms with Gasteiger partial charge in [0.2, 0.25) is 0 Å². The molecule has 4 heteroatoms. The van der Waals surface area contributed by atoms with Crippen molar-refractivity contribution in [2.24, 2.45) is 0 Å². The van der Waals surface area contributed by atoms with Crippen molar-refractivity contribution in [3.05, 3.63) is 59.6 Å². The Labute approximate surface area is 118 Å². The Hall–Kier alpha value is -2.07. The molecule has 20 heavy (non-hydrogen) atoms. The molecule has 2 heterocycles. The van der Waals surface area contributed by atoms with Crippen molar-refractivity contribution in [2.75, 3.05) is 13.1 Å². The van der Waals surface area contributed by atoms with E-state index in [1.807, 2.05) is 28.9 Å². The number of rotatable bonds is 5. The van der Waals surface area contributed by atoms with Crippen LogP contribution in [-0.4, -0.2) is 33.6 Å². The number of H-pyrrole nitrogens is 1. The van der Waals surface area contributed by atoms with Crippen LogP contribution >= 0.6 is 0 Å². The van der Waals surface area contributed by atoms with E-state index in [2.05, 4.69) is 29.1 Å². The summed E-state index contributed by atoms with van der Waals surface area (Å²) in [6.45, 7) is 9.97. The van der Waals surface area contributed by atoms with Crippen molar-refractivity contribution in [2.45, 2.75) is 19.0 Å². The number of nitrogens with zero attached hydrogens (tertiary/aromatic N) is 2. The van der Waals surface area contributed by atoms with Gasteiger partial charge in [0.25, 0.3) is 0 Å². The van der Waals surface area contributed by atoms with E-state index in [0.29, 0.717) is 6.04 Å². The zero-order valence-corrected chi connectivity index (χ0v) is 11.5. The highest BCUT2D eigenvalue weighted by molar-refractivity contribution is 5.79.